The molecule has 1 aliphatic carbocycles. The maximum Gasteiger partial charge on any atom is 0.245 e. The minimum absolute atomic E-state index is 0.0479. The lowest BCUT2D eigenvalue weighted by atomic mass is 9.87. The van der Waals surface area contributed by atoms with Crippen molar-refractivity contribution < 1.29 is 19.0 Å². The summed E-state index contributed by atoms with van der Waals surface area (Å²) in [5.74, 6) is 0.477. The van der Waals surface area contributed by atoms with Crippen molar-refractivity contribution in [2.24, 2.45) is 0 Å². The number of ether oxygens (including phenoxy) is 1. The molecule has 0 aliphatic heterocycles. The number of phenolic OH excluding ortho intramolecular Hbond substituents is 1. The maximum atomic E-state index is 13.9. The summed E-state index contributed by atoms with van der Waals surface area (Å²) >= 11 is 0. The van der Waals surface area contributed by atoms with Crippen molar-refractivity contribution in [3.8, 4) is 11.6 Å². The number of nitrogens with one attached hydrogen (secondary N) is 1. The number of aromatic nitrogens is 1. The summed E-state index contributed by atoms with van der Waals surface area (Å²) in [5.41, 5.74) is 7.19. The second-order valence-corrected chi connectivity index (χ2v) is 9.58. The number of phenols is 1. The molecule has 2 aromatic carbocycles. The van der Waals surface area contributed by atoms with Gasteiger partial charge in [0, 0.05) is 51.1 Å². The van der Waals surface area contributed by atoms with E-state index >= 15 is 0 Å². The number of amides is 1. The van der Waals surface area contributed by atoms with Crippen molar-refractivity contribution in [2.45, 2.75) is 26.2 Å². The van der Waals surface area contributed by atoms with E-state index < -0.39 is 0 Å². The number of fused-ring (bicyclic) bond motifs is 1. The van der Waals surface area contributed by atoms with Crippen molar-refractivity contribution in [3.05, 3.63) is 101 Å². The Balaban J connectivity index is 1.54. The molecule has 1 aromatic heterocycles. The van der Waals surface area contributed by atoms with E-state index in [1.807, 2.05) is 43.5 Å². The van der Waals surface area contributed by atoms with Gasteiger partial charge in [-0.2, -0.15) is 0 Å². The summed E-state index contributed by atoms with van der Waals surface area (Å²) < 4.78 is 19.7. The van der Waals surface area contributed by atoms with Gasteiger partial charge in [-0.15, -0.1) is 0 Å². The van der Waals surface area contributed by atoms with Crippen LogP contribution in [0.4, 0.5) is 4.39 Å². The molecule has 1 heterocycles. The number of hydrogen-bond donors (Lipinski definition) is 2. The zero-order valence-corrected chi connectivity index (χ0v) is 22.1. The topological polar surface area (TPSA) is 74.7 Å². The minimum atomic E-state index is -0.247. The highest BCUT2D eigenvalue weighted by Gasteiger charge is 2.22. The summed E-state index contributed by atoms with van der Waals surface area (Å²) in [4.78, 5) is 17.6. The van der Waals surface area contributed by atoms with Crippen LogP contribution in [0.5, 0.6) is 11.6 Å². The molecule has 38 heavy (non-hydrogen) atoms. The third-order valence-electron chi connectivity index (χ3n) is 6.56. The number of rotatable bonds is 9. The predicted molar refractivity (Wildman–Crippen MR) is 149 cm³/mol. The Hall–Kier alpha value is -3.97. The maximum absolute atomic E-state index is 13.9. The normalized spacial score (nSPS) is 13.4. The van der Waals surface area contributed by atoms with Crippen molar-refractivity contribution in [2.75, 3.05) is 33.8 Å². The molecule has 0 unspecified atom stereocenters. The molecule has 1 aliphatic rings. The number of carbonyl (C=O) groups excluding carboxylic acids is 1. The lowest BCUT2D eigenvalue weighted by molar-refractivity contribution is -0.123. The molecular formula is C31H34FN3O3. The van der Waals surface area contributed by atoms with E-state index in [9.17, 15) is 14.3 Å². The molecule has 0 saturated carbocycles. The average Bonchev–Trinajstić information content (AvgIpc) is 3.07. The van der Waals surface area contributed by atoms with Gasteiger partial charge in [-0.25, -0.2) is 9.37 Å². The Morgan fingerprint density at radius 1 is 1.13 bits per heavy atom. The SMILES string of the molecule is Cc1cc(F)ccc1C1=C(c2ccc(OCCNC/C=C/C(=O)N(C)C)nc2)c2ccc(O)cc2CCC1. The first-order chi connectivity index (χ1) is 18.3. The van der Waals surface area contributed by atoms with Crippen LogP contribution in [0.25, 0.3) is 11.1 Å². The predicted octanol–water partition coefficient (Wildman–Crippen LogP) is 5.14. The van der Waals surface area contributed by atoms with Gasteiger partial charge in [0.15, 0.2) is 0 Å². The fourth-order valence-electron chi connectivity index (χ4n) is 4.67. The molecule has 0 fully saturated rings. The van der Waals surface area contributed by atoms with Crippen LogP contribution in [-0.2, 0) is 11.2 Å². The third kappa shape index (κ3) is 6.66. The van der Waals surface area contributed by atoms with Crippen LogP contribution in [0, 0.1) is 12.7 Å². The molecule has 3 aromatic rings. The number of halogens is 1. The quantitative estimate of drug-likeness (QED) is 0.305. The number of aromatic hydroxyl groups is 1. The molecule has 198 valence electrons. The van der Waals surface area contributed by atoms with Crippen LogP contribution in [0.3, 0.4) is 0 Å². The van der Waals surface area contributed by atoms with Gasteiger partial charge in [0.1, 0.15) is 18.2 Å². The minimum Gasteiger partial charge on any atom is -0.508 e. The van der Waals surface area contributed by atoms with Crippen molar-refractivity contribution >= 4 is 17.1 Å². The lowest BCUT2D eigenvalue weighted by Gasteiger charge is -2.18. The highest BCUT2D eigenvalue weighted by Crippen LogP contribution is 2.41. The highest BCUT2D eigenvalue weighted by molar-refractivity contribution is 6.00. The summed E-state index contributed by atoms with van der Waals surface area (Å²) in [6.07, 6.45) is 7.74. The Labute approximate surface area is 223 Å². The molecule has 0 saturated heterocycles. The van der Waals surface area contributed by atoms with Crippen LogP contribution in [0.2, 0.25) is 0 Å². The van der Waals surface area contributed by atoms with Gasteiger partial charge >= 0.3 is 0 Å². The fourth-order valence-corrected chi connectivity index (χ4v) is 4.67. The Morgan fingerprint density at radius 2 is 1.95 bits per heavy atom. The monoisotopic (exact) mass is 515 g/mol. The summed E-state index contributed by atoms with van der Waals surface area (Å²) in [7, 11) is 3.43. The highest BCUT2D eigenvalue weighted by atomic mass is 19.1. The van der Waals surface area contributed by atoms with E-state index in [4.69, 9.17) is 4.74 Å². The summed E-state index contributed by atoms with van der Waals surface area (Å²) in [5, 5.41) is 13.3. The number of nitrogens with zero attached hydrogens (tertiary/aromatic N) is 2. The van der Waals surface area contributed by atoms with E-state index in [0.29, 0.717) is 25.6 Å². The van der Waals surface area contributed by atoms with Gasteiger partial charge in [0.25, 0.3) is 0 Å². The van der Waals surface area contributed by atoms with Gasteiger partial charge in [-0.05, 0) is 89.9 Å². The summed E-state index contributed by atoms with van der Waals surface area (Å²) in [6, 6.07) is 14.3. The van der Waals surface area contributed by atoms with E-state index in [-0.39, 0.29) is 17.5 Å². The first-order valence-electron chi connectivity index (χ1n) is 12.8. The van der Waals surface area contributed by atoms with E-state index in [1.165, 1.54) is 17.0 Å². The molecule has 0 radical (unpaired) electrons. The smallest absolute Gasteiger partial charge is 0.245 e. The van der Waals surface area contributed by atoms with Crippen molar-refractivity contribution in [3.63, 3.8) is 0 Å². The first kappa shape index (κ1) is 27.1. The number of hydrogen-bond acceptors (Lipinski definition) is 5. The van der Waals surface area contributed by atoms with Crippen LogP contribution < -0.4 is 10.1 Å². The van der Waals surface area contributed by atoms with E-state index in [1.54, 1.807) is 32.3 Å². The zero-order valence-electron chi connectivity index (χ0n) is 22.1. The van der Waals surface area contributed by atoms with Gasteiger partial charge in [-0.1, -0.05) is 18.2 Å². The Bertz CT molecular complexity index is 1350. The molecule has 2 N–H and O–H groups in total. The molecule has 0 atom stereocenters. The number of carbonyl (C=O) groups is 1. The van der Waals surface area contributed by atoms with Gasteiger partial charge < -0.3 is 20.1 Å². The fraction of sp³-hybridized carbons (Fsp3) is 0.290. The second kappa shape index (κ2) is 12.5. The van der Waals surface area contributed by atoms with Crippen LogP contribution in [0.15, 0.2) is 66.9 Å². The van der Waals surface area contributed by atoms with Crippen LogP contribution in [0.1, 0.15) is 40.7 Å². The third-order valence-corrected chi connectivity index (χ3v) is 6.56. The van der Waals surface area contributed by atoms with Gasteiger partial charge in [0.2, 0.25) is 11.8 Å². The number of allylic oxidation sites excluding steroid dienone is 1. The van der Waals surface area contributed by atoms with Crippen molar-refractivity contribution in [1.82, 2.24) is 15.2 Å². The van der Waals surface area contributed by atoms with E-state index in [0.717, 1.165) is 58.2 Å². The Kier molecular flexibility index (Phi) is 8.92. The Morgan fingerprint density at radius 3 is 2.68 bits per heavy atom. The lowest BCUT2D eigenvalue weighted by Crippen LogP contribution is -2.22. The standard InChI is InChI=1S/C31H34FN3O3/c1-21-18-24(32)10-12-26(21)28-7-4-6-22-19-25(36)11-13-27(22)31(28)23-9-14-29(34-20-23)38-17-16-33-15-5-8-30(37)35(2)3/h5,8-14,18-20,33,36H,4,6-7,15-17H2,1-3H3/b8-5+. The van der Waals surface area contributed by atoms with E-state index in [2.05, 4.69) is 10.3 Å². The number of aryl methyl sites for hydroxylation is 2. The number of benzene rings is 2. The van der Waals surface area contributed by atoms with Crippen LogP contribution in [-0.4, -0.2) is 54.7 Å². The molecule has 0 spiro atoms. The summed E-state index contributed by atoms with van der Waals surface area (Å²) in [6.45, 7) is 3.56. The zero-order chi connectivity index (χ0) is 27.1. The second-order valence-electron chi connectivity index (χ2n) is 9.58. The number of likely N-dealkylation sites (N-methyl/N-ethyl adjacent to an activating group) is 1. The number of pyridine rings is 1. The molecule has 4 rings (SSSR count). The van der Waals surface area contributed by atoms with Crippen molar-refractivity contribution in [1.29, 1.82) is 0 Å². The molecular weight excluding hydrogens is 481 g/mol. The molecule has 0 bridgehead atoms. The average molecular weight is 516 g/mol. The molecule has 1 amide bonds. The molecule has 7 heteroatoms. The van der Waals surface area contributed by atoms with Gasteiger partial charge in [0.05, 0.1) is 0 Å². The molecule has 6 nitrogen and oxygen atoms in total. The largest absolute Gasteiger partial charge is 0.508 e. The van der Waals surface area contributed by atoms with Crippen LogP contribution >= 0.6 is 0 Å². The first-order valence-corrected chi connectivity index (χ1v) is 12.8. The van der Waals surface area contributed by atoms with Gasteiger partial charge in [-0.3, -0.25) is 4.79 Å².